The molecule has 0 saturated carbocycles. The van der Waals surface area contributed by atoms with Crippen LogP contribution in [0.1, 0.15) is 5.56 Å². The van der Waals surface area contributed by atoms with Gasteiger partial charge in [0.15, 0.2) is 0 Å². The van der Waals surface area contributed by atoms with Crippen molar-refractivity contribution in [1.29, 1.82) is 0 Å². The topological polar surface area (TPSA) is 0 Å². The summed E-state index contributed by atoms with van der Waals surface area (Å²) in [6.07, 6.45) is 1.87. The van der Waals surface area contributed by atoms with Crippen LogP contribution in [0.5, 0.6) is 0 Å². The molecular formula is C16H12S2. The monoisotopic (exact) mass is 268 g/mol. The molecule has 0 unspecified atom stereocenters. The Hall–Kier alpha value is -1.51. The van der Waals surface area contributed by atoms with Crippen molar-refractivity contribution in [3.63, 3.8) is 0 Å². The number of hydrogen-bond donors (Lipinski definition) is 0. The minimum absolute atomic E-state index is 1.16. The van der Waals surface area contributed by atoms with E-state index in [1.54, 1.807) is 23.1 Å². The highest BCUT2D eigenvalue weighted by Crippen LogP contribution is 2.31. The SMILES string of the molecule is C=Cc1ccc(Sc2ccc3sccc3c2)cc1. The van der Waals surface area contributed by atoms with E-state index in [1.807, 2.05) is 6.08 Å². The van der Waals surface area contributed by atoms with E-state index < -0.39 is 0 Å². The van der Waals surface area contributed by atoms with Crippen molar-refractivity contribution in [2.24, 2.45) is 0 Å². The number of rotatable bonds is 3. The van der Waals surface area contributed by atoms with E-state index >= 15 is 0 Å². The zero-order chi connectivity index (χ0) is 12.4. The van der Waals surface area contributed by atoms with Gasteiger partial charge < -0.3 is 0 Å². The molecule has 1 heterocycles. The highest BCUT2D eigenvalue weighted by Gasteiger charge is 2.00. The van der Waals surface area contributed by atoms with Crippen LogP contribution >= 0.6 is 23.1 Å². The molecule has 18 heavy (non-hydrogen) atoms. The van der Waals surface area contributed by atoms with Gasteiger partial charge in [-0.1, -0.05) is 36.5 Å². The summed E-state index contributed by atoms with van der Waals surface area (Å²) in [4.78, 5) is 2.54. The molecular weight excluding hydrogens is 256 g/mol. The van der Waals surface area contributed by atoms with Crippen LogP contribution in [-0.4, -0.2) is 0 Å². The normalized spacial score (nSPS) is 10.7. The molecule has 3 aromatic rings. The number of fused-ring (bicyclic) bond motifs is 1. The van der Waals surface area contributed by atoms with Gasteiger partial charge >= 0.3 is 0 Å². The van der Waals surface area contributed by atoms with Crippen LogP contribution in [0, 0.1) is 0 Å². The zero-order valence-corrected chi connectivity index (χ0v) is 11.4. The first-order valence-corrected chi connectivity index (χ1v) is 7.42. The van der Waals surface area contributed by atoms with Crippen molar-refractivity contribution in [3.8, 4) is 0 Å². The number of benzene rings is 2. The third-order valence-electron chi connectivity index (χ3n) is 2.78. The van der Waals surface area contributed by atoms with E-state index in [9.17, 15) is 0 Å². The Bertz CT molecular complexity index is 678. The Balaban J connectivity index is 1.87. The fourth-order valence-electron chi connectivity index (χ4n) is 1.82. The Morgan fingerprint density at radius 1 is 0.944 bits per heavy atom. The smallest absolute Gasteiger partial charge is 0.0343 e. The van der Waals surface area contributed by atoms with Gasteiger partial charge in [0.25, 0.3) is 0 Å². The van der Waals surface area contributed by atoms with Crippen molar-refractivity contribution < 1.29 is 0 Å². The lowest BCUT2D eigenvalue weighted by molar-refractivity contribution is 1.42. The summed E-state index contributed by atoms with van der Waals surface area (Å²) >= 11 is 3.58. The first-order valence-electron chi connectivity index (χ1n) is 5.73. The molecule has 2 aromatic carbocycles. The van der Waals surface area contributed by atoms with Crippen LogP contribution in [0.4, 0.5) is 0 Å². The first kappa shape index (κ1) is 11.6. The van der Waals surface area contributed by atoms with E-state index in [2.05, 4.69) is 60.5 Å². The molecule has 0 aliphatic rings. The predicted molar refractivity (Wildman–Crippen MR) is 82.5 cm³/mol. The molecule has 2 heteroatoms. The highest BCUT2D eigenvalue weighted by molar-refractivity contribution is 7.99. The van der Waals surface area contributed by atoms with E-state index in [-0.39, 0.29) is 0 Å². The summed E-state index contributed by atoms with van der Waals surface area (Å²) in [5.41, 5.74) is 1.16. The van der Waals surface area contributed by atoms with Gasteiger partial charge in [-0.25, -0.2) is 0 Å². The molecule has 1 aromatic heterocycles. The molecule has 0 spiro atoms. The van der Waals surface area contributed by atoms with Crippen molar-refractivity contribution in [3.05, 3.63) is 66.1 Å². The fourth-order valence-corrected chi connectivity index (χ4v) is 3.45. The van der Waals surface area contributed by atoms with E-state index in [0.29, 0.717) is 0 Å². The number of thiophene rings is 1. The summed E-state index contributed by atoms with van der Waals surface area (Å²) in [7, 11) is 0. The fraction of sp³-hybridized carbons (Fsp3) is 0. The van der Waals surface area contributed by atoms with Gasteiger partial charge in [0, 0.05) is 14.5 Å². The lowest BCUT2D eigenvalue weighted by Gasteiger charge is -2.02. The standard InChI is InChI=1S/C16H12S2/c1-2-12-3-5-14(6-4-12)18-15-7-8-16-13(11-15)9-10-17-16/h2-11H,1H2. The summed E-state index contributed by atoms with van der Waals surface area (Å²) in [5, 5.41) is 3.46. The maximum absolute atomic E-state index is 3.77. The molecule has 0 N–H and O–H groups in total. The largest absolute Gasteiger partial charge is 0.144 e. The van der Waals surface area contributed by atoms with Crippen LogP contribution in [0.25, 0.3) is 16.2 Å². The molecule has 0 bridgehead atoms. The van der Waals surface area contributed by atoms with E-state index in [0.717, 1.165) is 5.56 Å². The molecule has 0 radical (unpaired) electrons. The van der Waals surface area contributed by atoms with Crippen LogP contribution in [0.15, 0.2) is 70.3 Å². The van der Waals surface area contributed by atoms with E-state index in [4.69, 9.17) is 0 Å². The van der Waals surface area contributed by atoms with Crippen LogP contribution in [-0.2, 0) is 0 Å². The summed E-state index contributed by atoms with van der Waals surface area (Å²) in [6, 6.07) is 17.3. The van der Waals surface area contributed by atoms with Crippen molar-refractivity contribution in [2.45, 2.75) is 9.79 Å². The molecule has 0 amide bonds. The summed E-state index contributed by atoms with van der Waals surface area (Å²) < 4.78 is 1.35. The maximum atomic E-state index is 3.77. The van der Waals surface area contributed by atoms with Crippen LogP contribution in [0.2, 0.25) is 0 Å². The Morgan fingerprint density at radius 2 is 1.72 bits per heavy atom. The lowest BCUT2D eigenvalue weighted by atomic mass is 10.2. The van der Waals surface area contributed by atoms with Gasteiger partial charge in [-0.15, -0.1) is 11.3 Å². The van der Waals surface area contributed by atoms with Gasteiger partial charge in [-0.05, 0) is 52.7 Å². The van der Waals surface area contributed by atoms with E-state index in [1.165, 1.54) is 19.9 Å². The molecule has 0 aliphatic heterocycles. The summed E-state index contributed by atoms with van der Waals surface area (Å²) in [6.45, 7) is 3.77. The van der Waals surface area contributed by atoms with Gasteiger partial charge in [-0.3, -0.25) is 0 Å². The minimum Gasteiger partial charge on any atom is -0.144 e. The lowest BCUT2D eigenvalue weighted by Crippen LogP contribution is -1.75. The Morgan fingerprint density at radius 3 is 2.50 bits per heavy atom. The second kappa shape index (κ2) is 5.01. The average Bonchev–Trinajstić information content (AvgIpc) is 2.87. The van der Waals surface area contributed by atoms with Gasteiger partial charge in [0.2, 0.25) is 0 Å². The molecule has 88 valence electrons. The second-order valence-corrected chi connectivity index (χ2v) is 6.09. The number of hydrogen-bond acceptors (Lipinski definition) is 2. The first-order chi connectivity index (χ1) is 8.85. The maximum Gasteiger partial charge on any atom is 0.0343 e. The predicted octanol–water partition coefficient (Wildman–Crippen LogP) is 5.70. The molecule has 0 atom stereocenters. The quantitative estimate of drug-likeness (QED) is 0.587. The zero-order valence-electron chi connectivity index (χ0n) is 9.80. The molecule has 0 fully saturated rings. The Kier molecular flexibility index (Phi) is 3.22. The second-order valence-electron chi connectivity index (χ2n) is 4.00. The summed E-state index contributed by atoms with van der Waals surface area (Å²) in [5.74, 6) is 0. The van der Waals surface area contributed by atoms with Crippen molar-refractivity contribution in [2.75, 3.05) is 0 Å². The highest BCUT2D eigenvalue weighted by atomic mass is 32.2. The van der Waals surface area contributed by atoms with Gasteiger partial charge in [0.05, 0.1) is 0 Å². The molecule has 0 nitrogen and oxygen atoms in total. The van der Waals surface area contributed by atoms with Gasteiger partial charge in [0.1, 0.15) is 0 Å². The Labute approximate surface area is 115 Å². The van der Waals surface area contributed by atoms with Crippen LogP contribution in [0.3, 0.4) is 0 Å². The third kappa shape index (κ3) is 2.35. The molecule has 0 aliphatic carbocycles. The minimum atomic E-state index is 1.16. The third-order valence-corrected chi connectivity index (χ3v) is 4.67. The molecule has 3 rings (SSSR count). The molecule has 0 saturated heterocycles. The van der Waals surface area contributed by atoms with Crippen LogP contribution < -0.4 is 0 Å². The average molecular weight is 268 g/mol. The van der Waals surface area contributed by atoms with Crippen molar-refractivity contribution >= 4 is 39.3 Å². The van der Waals surface area contributed by atoms with Crippen molar-refractivity contribution in [1.82, 2.24) is 0 Å². The van der Waals surface area contributed by atoms with Gasteiger partial charge in [-0.2, -0.15) is 0 Å².